The number of likely N-dealkylation sites (tertiary alicyclic amines) is 1. The van der Waals surface area contributed by atoms with Crippen molar-refractivity contribution < 1.29 is 38.3 Å². The molecule has 284 valence electrons. The highest BCUT2D eigenvalue weighted by Gasteiger charge is 2.44. The Morgan fingerprint density at radius 2 is 1.55 bits per heavy atom. The first-order valence-electron chi connectivity index (χ1n) is 17.7. The van der Waals surface area contributed by atoms with Crippen LogP contribution in [0.15, 0.2) is 24.3 Å². The van der Waals surface area contributed by atoms with E-state index in [4.69, 9.17) is 10.5 Å². The molecule has 0 bridgehead atoms. The molecule has 0 aromatic heterocycles. The SMILES string of the molecule is CC(C)C(NC(=O)CCCCCN1C(=O)CC(C(C)(C)C)C1=O)C(=O)N[C@H](CCCNC(N)=O)C(=O)Nc1ccc(COC(=O)C(C)(C)C)cc1. The van der Waals surface area contributed by atoms with Gasteiger partial charge in [-0.05, 0) is 75.5 Å². The van der Waals surface area contributed by atoms with Gasteiger partial charge >= 0.3 is 12.0 Å². The summed E-state index contributed by atoms with van der Waals surface area (Å²) in [5.74, 6) is -2.60. The van der Waals surface area contributed by atoms with E-state index in [0.717, 1.165) is 5.56 Å². The van der Waals surface area contributed by atoms with E-state index in [9.17, 15) is 33.6 Å². The zero-order valence-corrected chi connectivity index (χ0v) is 31.5. The molecule has 51 heavy (non-hydrogen) atoms. The molecule has 1 heterocycles. The Labute approximate surface area is 301 Å². The first-order chi connectivity index (χ1) is 23.7. The number of urea groups is 1. The molecule has 1 fully saturated rings. The van der Waals surface area contributed by atoms with Crippen LogP contribution in [0.5, 0.6) is 0 Å². The van der Waals surface area contributed by atoms with Crippen molar-refractivity contribution in [3.8, 4) is 0 Å². The Morgan fingerprint density at radius 1 is 0.902 bits per heavy atom. The molecule has 0 spiro atoms. The maximum absolute atomic E-state index is 13.4. The minimum Gasteiger partial charge on any atom is -0.460 e. The lowest BCUT2D eigenvalue weighted by molar-refractivity contribution is -0.154. The largest absolute Gasteiger partial charge is 0.460 e. The third kappa shape index (κ3) is 14.3. The third-order valence-electron chi connectivity index (χ3n) is 8.65. The highest BCUT2D eigenvalue weighted by Crippen LogP contribution is 2.35. The molecule has 6 N–H and O–H groups in total. The van der Waals surface area contributed by atoms with Gasteiger partial charge in [0.2, 0.25) is 29.5 Å². The smallest absolute Gasteiger partial charge is 0.312 e. The van der Waals surface area contributed by atoms with Crippen LogP contribution in [-0.2, 0) is 40.1 Å². The number of nitrogens with one attached hydrogen (secondary N) is 4. The second-order valence-corrected chi connectivity index (χ2v) is 15.6. The summed E-state index contributed by atoms with van der Waals surface area (Å²) in [5.41, 5.74) is 5.43. The van der Waals surface area contributed by atoms with Crippen LogP contribution in [0.2, 0.25) is 0 Å². The summed E-state index contributed by atoms with van der Waals surface area (Å²) >= 11 is 0. The molecule has 3 atom stereocenters. The molecule has 14 heteroatoms. The molecule has 0 saturated carbocycles. The van der Waals surface area contributed by atoms with Gasteiger partial charge < -0.3 is 31.7 Å². The molecule has 1 saturated heterocycles. The van der Waals surface area contributed by atoms with Crippen molar-refractivity contribution in [2.24, 2.45) is 28.4 Å². The minimum atomic E-state index is -0.994. The number of carbonyl (C=O) groups is 7. The summed E-state index contributed by atoms with van der Waals surface area (Å²) < 4.78 is 5.34. The zero-order chi connectivity index (χ0) is 38.5. The molecule has 0 aliphatic carbocycles. The number of nitrogens with two attached hydrogens (primary N) is 1. The summed E-state index contributed by atoms with van der Waals surface area (Å²) in [6.45, 7) is 15.3. The van der Waals surface area contributed by atoms with E-state index in [0.29, 0.717) is 37.9 Å². The predicted octanol–water partition coefficient (Wildman–Crippen LogP) is 3.77. The number of hydrogen-bond acceptors (Lipinski definition) is 8. The normalized spacial score (nSPS) is 16.0. The van der Waals surface area contributed by atoms with Gasteiger partial charge in [0.15, 0.2) is 0 Å². The lowest BCUT2D eigenvalue weighted by atomic mass is 9.80. The Bertz CT molecular complexity index is 1400. The minimum absolute atomic E-state index is 0.0802. The molecule has 2 rings (SSSR count). The monoisotopic (exact) mass is 714 g/mol. The van der Waals surface area contributed by atoms with Gasteiger partial charge in [-0.1, -0.05) is 53.2 Å². The molecule has 1 aliphatic heterocycles. The van der Waals surface area contributed by atoms with E-state index in [1.54, 1.807) is 58.9 Å². The molecule has 1 aromatic carbocycles. The molecule has 1 aliphatic rings. The third-order valence-corrected chi connectivity index (χ3v) is 8.65. The van der Waals surface area contributed by atoms with Crippen LogP contribution >= 0.6 is 0 Å². The quantitative estimate of drug-likeness (QED) is 0.0858. The number of amides is 7. The first kappa shape index (κ1) is 42.7. The van der Waals surface area contributed by atoms with Crippen molar-refractivity contribution in [1.82, 2.24) is 20.9 Å². The van der Waals surface area contributed by atoms with Crippen LogP contribution < -0.4 is 27.0 Å². The van der Waals surface area contributed by atoms with Gasteiger partial charge in [-0.2, -0.15) is 0 Å². The van der Waals surface area contributed by atoms with E-state index in [1.165, 1.54) is 4.90 Å². The van der Waals surface area contributed by atoms with E-state index in [-0.39, 0.29) is 73.4 Å². The van der Waals surface area contributed by atoms with Gasteiger partial charge in [0, 0.05) is 31.6 Å². The standard InChI is InChI=1S/C37H58N6O8/c1-23(2)30(42-28(44)14-10-9-11-20-43-29(45)21-26(33(43)48)36(3,4)5)32(47)41-27(13-12-19-39-35(38)50)31(46)40-25-17-15-24(16-18-25)22-51-34(49)37(6,7)8/h15-18,23,26-27,30H,9-14,19-22H2,1-8H3,(H,40,46)(H,41,47)(H,42,44)(H3,38,39,50)/t26?,27-,30?/m1/s1. The maximum atomic E-state index is 13.4. The topological polar surface area (TPSA) is 206 Å². The van der Waals surface area contributed by atoms with Crippen molar-refractivity contribution in [2.45, 2.75) is 119 Å². The number of unbranched alkanes of at least 4 members (excludes halogenated alkanes) is 2. The summed E-state index contributed by atoms with van der Waals surface area (Å²) in [4.78, 5) is 89.3. The number of esters is 1. The second-order valence-electron chi connectivity index (χ2n) is 15.6. The van der Waals surface area contributed by atoms with Crippen molar-refractivity contribution in [2.75, 3.05) is 18.4 Å². The zero-order valence-electron chi connectivity index (χ0n) is 31.5. The fraction of sp³-hybridized carbons (Fsp3) is 0.649. The Kier molecular flexibility index (Phi) is 16.1. The van der Waals surface area contributed by atoms with Crippen LogP contribution in [0.1, 0.15) is 106 Å². The Hall–Kier alpha value is -4.49. The number of imide groups is 1. The van der Waals surface area contributed by atoms with Gasteiger partial charge in [0.1, 0.15) is 18.7 Å². The number of nitrogens with zero attached hydrogens (tertiary/aromatic N) is 1. The number of primary amides is 1. The van der Waals surface area contributed by atoms with Crippen molar-refractivity contribution in [3.05, 3.63) is 29.8 Å². The molecular formula is C37H58N6O8. The second kappa shape index (κ2) is 19.2. The van der Waals surface area contributed by atoms with E-state index < -0.39 is 35.3 Å². The number of rotatable bonds is 18. The van der Waals surface area contributed by atoms with Gasteiger partial charge in [-0.25, -0.2) is 4.79 Å². The molecular weight excluding hydrogens is 656 g/mol. The van der Waals surface area contributed by atoms with Crippen LogP contribution in [0.4, 0.5) is 10.5 Å². The number of benzene rings is 1. The molecule has 0 radical (unpaired) electrons. The fourth-order valence-electron chi connectivity index (χ4n) is 5.43. The number of hydrogen-bond donors (Lipinski definition) is 5. The average molecular weight is 715 g/mol. The lowest BCUT2D eigenvalue weighted by Crippen LogP contribution is -2.54. The predicted molar refractivity (Wildman–Crippen MR) is 193 cm³/mol. The van der Waals surface area contributed by atoms with E-state index >= 15 is 0 Å². The maximum Gasteiger partial charge on any atom is 0.312 e. The number of anilines is 1. The van der Waals surface area contributed by atoms with Crippen LogP contribution in [0.3, 0.4) is 0 Å². The van der Waals surface area contributed by atoms with Crippen molar-refractivity contribution in [3.63, 3.8) is 0 Å². The number of ether oxygens (including phenoxy) is 1. The number of carbonyl (C=O) groups excluding carboxylic acids is 7. The van der Waals surface area contributed by atoms with Gasteiger partial charge in [-0.15, -0.1) is 0 Å². The summed E-state index contributed by atoms with van der Waals surface area (Å²) in [6.07, 6.45) is 2.59. The summed E-state index contributed by atoms with van der Waals surface area (Å²) in [7, 11) is 0. The molecule has 1 aromatic rings. The summed E-state index contributed by atoms with van der Waals surface area (Å²) in [5, 5.41) is 10.8. The Balaban J connectivity index is 1.95. The molecule has 7 amide bonds. The molecule has 2 unspecified atom stereocenters. The van der Waals surface area contributed by atoms with Crippen LogP contribution in [0.25, 0.3) is 0 Å². The van der Waals surface area contributed by atoms with Gasteiger partial charge in [0.05, 0.1) is 11.3 Å². The van der Waals surface area contributed by atoms with Crippen molar-refractivity contribution >= 4 is 47.2 Å². The van der Waals surface area contributed by atoms with Crippen molar-refractivity contribution in [1.29, 1.82) is 0 Å². The van der Waals surface area contributed by atoms with E-state index in [1.807, 2.05) is 20.8 Å². The average Bonchev–Trinajstić information content (AvgIpc) is 3.32. The first-order valence-corrected chi connectivity index (χ1v) is 17.7. The van der Waals surface area contributed by atoms with Gasteiger partial charge in [-0.3, -0.25) is 33.7 Å². The Morgan fingerprint density at radius 3 is 2.10 bits per heavy atom. The fourth-order valence-corrected chi connectivity index (χ4v) is 5.43. The highest BCUT2D eigenvalue weighted by molar-refractivity contribution is 6.04. The van der Waals surface area contributed by atoms with E-state index in [2.05, 4.69) is 21.3 Å². The summed E-state index contributed by atoms with van der Waals surface area (Å²) in [6, 6.07) is 4.14. The highest BCUT2D eigenvalue weighted by atomic mass is 16.5. The molecule has 14 nitrogen and oxygen atoms in total. The van der Waals surface area contributed by atoms with Gasteiger partial charge in [0.25, 0.3) is 0 Å². The van der Waals surface area contributed by atoms with Crippen LogP contribution in [-0.4, -0.2) is 71.6 Å². The lowest BCUT2D eigenvalue weighted by Gasteiger charge is -2.25. The van der Waals surface area contributed by atoms with Crippen LogP contribution in [0, 0.1) is 22.7 Å².